The average Bonchev–Trinajstić information content (AvgIpc) is 3.10. The number of ether oxygens (including phenoxy) is 3. The van der Waals surface area contributed by atoms with Crippen LogP contribution >= 0.6 is 0 Å². The number of benzene rings is 2. The first-order valence-corrected chi connectivity index (χ1v) is 15.5. The lowest BCUT2D eigenvalue weighted by atomic mass is 9.99. The fourth-order valence-corrected chi connectivity index (χ4v) is 5.74. The fraction of sp³-hybridized carbons (Fsp3) is 0.243. The summed E-state index contributed by atoms with van der Waals surface area (Å²) in [5.41, 5.74) is 11.7. The third-order valence-electron chi connectivity index (χ3n) is 8.43. The van der Waals surface area contributed by atoms with E-state index in [2.05, 4.69) is 15.3 Å². The second kappa shape index (κ2) is 13.9. The van der Waals surface area contributed by atoms with E-state index in [0.29, 0.717) is 65.5 Å². The van der Waals surface area contributed by atoms with Gasteiger partial charge in [-0.15, -0.1) is 0 Å². The van der Waals surface area contributed by atoms with E-state index in [1.165, 1.54) is 0 Å². The molecular formula is C37H37N5O5. The van der Waals surface area contributed by atoms with Crippen molar-refractivity contribution >= 4 is 17.4 Å². The van der Waals surface area contributed by atoms with Gasteiger partial charge in [-0.25, -0.2) is 4.98 Å². The van der Waals surface area contributed by atoms with E-state index in [1.54, 1.807) is 44.9 Å². The molecule has 5 aromatic rings. The number of carbonyl (C=O) groups excluding carboxylic acids is 1. The van der Waals surface area contributed by atoms with Crippen molar-refractivity contribution in [3.63, 3.8) is 0 Å². The van der Waals surface area contributed by atoms with Crippen LogP contribution in [0.2, 0.25) is 0 Å². The van der Waals surface area contributed by atoms with Crippen molar-refractivity contribution in [2.24, 2.45) is 5.92 Å². The Hall–Kier alpha value is -5.48. The normalized spacial score (nSPS) is 13.3. The zero-order valence-corrected chi connectivity index (χ0v) is 26.7. The van der Waals surface area contributed by atoms with E-state index in [4.69, 9.17) is 19.9 Å². The summed E-state index contributed by atoms with van der Waals surface area (Å²) < 4.78 is 18.3. The monoisotopic (exact) mass is 631 g/mol. The van der Waals surface area contributed by atoms with Gasteiger partial charge in [0.2, 0.25) is 5.43 Å². The fourth-order valence-electron chi connectivity index (χ4n) is 5.74. The molecule has 1 fully saturated rings. The summed E-state index contributed by atoms with van der Waals surface area (Å²) in [7, 11) is 3.17. The van der Waals surface area contributed by atoms with Gasteiger partial charge >= 0.3 is 0 Å². The first kappa shape index (κ1) is 31.5. The lowest BCUT2D eigenvalue weighted by molar-refractivity contribution is 0.0612. The molecule has 10 heteroatoms. The van der Waals surface area contributed by atoms with Crippen LogP contribution in [0.25, 0.3) is 33.5 Å². The molecule has 3 aromatic heterocycles. The molecule has 4 heterocycles. The molecule has 240 valence electrons. The molecule has 0 atom stereocenters. The van der Waals surface area contributed by atoms with E-state index in [9.17, 15) is 9.59 Å². The lowest BCUT2D eigenvalue weighted by Crippen LogP contribution is -2.26. The Labute approximate surface area is 273 Å². The minimum absolute atomic E-state index is 0.0651. The van der Waals surface area contributed by atoms with Crippen molar-refractivity contribution in [2.75, 3.05) is 38.5 Å². The summed E-state index contributed by atoms with van der Waals surface area (Å²) in [5.74, 6) is 1.44. The molecule has 3 N–H and O–H groups in total. The number of methoxy groups -OCH3 is 2. The van der Waals surface area contributed by atoms with Gasteiger partial charge in [0, 0.05) is 55.0 Å². The van der Waals surface area contributed by atoms with E-state index < -0.39 is 5.91 Å². The van der Waals surface area contributed by atoms with Crippen molar-refractivity contribution in [1.82, 2.24) is 14.5 Å². The van der Waals surface area contributed by atoms with E-state index >= 15 is 0 Å². The van der Waals surface area contributed by atoms with Gasteiger partial charge in [-0.1, -0.05) is 35.9 Å². The number of hydrogen-bond acceptors (Lipinski definition) is 8. The van der Waals surface area contributed by atoms with Crippen molar-refractivity contribution in [2.45, 2.75) is 26.3 Å². The zero-order valence-electron chi connectivity index (χ0n) is 26.7. The summed E-state index contributed by atoms with van der Waals surface area (Å²) in [6.07, 6.45) is 8.60. The zero-order chi connectivity index (χ0) is 32.9. The quantitative estimate of drug-likeness (QED) is 0.196. The van der Waals surface area contributed by atoms with Gasteiger partial charge in [-0.05, 0) is 67.1 Å². The largest absolute Gasteiger partial charge is 0.493 e. The number of rotatable bonds is 9. The third-order valence-corrected chi connectivity index (χ3v) is 8.43. The van der Waals surface area contributed by atoms with Crippen LogP contribution in [0.4, 0.5) is 11.5 Å². The standard InChI is InChI=1S/C37H37N5O5/c1-23-4-6-25(7-5-23)30-21-42(20-24-12-14-47-15-13-24)22-31(35(30)43)37(44)41-28-9-10-32(39-19-28)29-16-27(18-40-36(29)38)26-8-11-33(45-2)34(17-26)46-3/h4-11,16-19,21-22,24H,12-15,20H2,1-3H3,(H2,38,40)(H,41,44). The molecule has 1 aliphatic heterocycles. The van der Waals surface area contributed by atoms with Crippen LogP contribution in [0.3, 0.4) is 0 Å². The second-order valence-electron chi connectivity index (χ2n) is 11.6. The maximum absolute atomic E-state index is 13.7. The number of hydrogen-bond donors (Lipinski definition) is 2. The van der Waals surface area contributed by atoms with Crippen LogP contribution in [0, 0.1) is 12.8 Å². The number of aryl methyl sites for hydroxylation is 1. The number of anilines is 2. The summed E-state index contributed by atoms with van der Waals surface area (Å²) in [6, 6.07) is 18.7. The predicted molar refractivity (Wildman–Crippen MR) is 183 cm³/mol. The van der Waals surface area contributed by atoms with Crippen LogP contribution in [-0.4, -0.2) is 47.9 Å². The maximum Gasteiger partial charge on any atom is 0.261 e. The van der Waals surface area contributed by atoms with Gasteiger partial charge in [0.05, 0.1) is 31.8 Å². The third kappa shape index (κ3) is 7.02. The molecule has 10 nitrogen and oxygen atoms in total. The Morgan fingerprint density at radius 3 is 2.34 bits per heavy atom. The Morgan fingerprint density at radius 2 is 1.64 bits per heavy atom. The van der Waals surface area contributed by atoms with E-state index in [0.717, 1.165) is 35.1 Å². The molecule has 1 aliphatic rings. The molecule has 0 saturated carbocycles. The summed E-state index contributed by atoms with van der Waals surface area (Å²) >= 11 is 0. The van der Waals surface area contributed by atoms with Crippen molar-refractivity contribution < 1.29 is 19.0 Å². The number of aromatic nitrogens is 3. The molecule has 0 aliphatic carbocycles. The van der Waals surface area contributed by atoms with Crippen molar-refractivity contribution in [3.05, 3.63) is 107 Å². The highest BCUT2D eigenvalue weighted by Gasteiger charge is 2.20. The highest BCUT2D eigenvalue weighted by molar-refractivity contribution is 6.04. The van der Waals surface area contributed by atoms with Gasteiger partial charge in [-0.3, -0.25) is 14.6 Å². The number of nitrogens with two attached hydrogens (primary N) is 1. The molecule has 0 spiro atoms. The van der Waals surface area contributed by atoms with Gasteiger partial charge in [0.25, 0.3) is 5.91 Å². The molecule has 0 radical (unpaired) electrons. The van der Waals surface area contributed by atoms with Gasteiger partial charge in [0.1, 0.15) is 11.4 Å². The molecule has 0 bridgehead atoms. The van der Waals surface area contributed by atoms with E-state index in [-0.39, 0.29) is 11.0 Å². The van der Waals surface area contributed by atoms with Crippen LogP contribution < -0.4 is 26.0 Å². The predicted octanol–water partition coefficient (Wildman–Crippen LogP) is 6.23. The first-order chi connectivity index (χ1) is 22.8. The highest BCUT2D eigenvalue weighted by atomic mass is 16.5. The minimum atomic E-state index is -0.504. The molecule has 6 rings (SSSR count). The number of nitrogen functional groups attached to an aromatic ring is 1. The number of carbonyl (C=O) groups is 1. The minimum Gasteiger partial charge on any atom is -0.493 e. The van der Waals surface area contributed by atoms with Gasteiger partial charge in [0.15, 0.2) is 11.5 Å². The van der Waals surface area contributed by atoms with E-state index in [1.807, 2.05) is 66.2 Å². The van der Waals surface area contributed by atoms with Gasteiger partial charge in [-0.2, -0.15) is 0 Å². The van der Waals surface area contributed by atoms with Crippen LogP contribution in [-0.2, 0) is 11.3 Å². The number of nitrogens with one attached hydrogen (secondary N) is 1. The molecule has 47 heavy (non-hydrogen) atoms. The number of pyridine rings is 3. The van der Waals surface area contributed by atoms with Crippen LogP contribution in [0.1, 0.15) is 28.8 Å². The Balaban J connectivity index is 1.26. The SMILES string of the molecule is COc1ccc(-c2cnc(N)c(-c3ccc(NC(=O)c4cn(CC5CCOCC5)cc(-c5ccc(C)cc5)c4=O)cn3)c2)cc1OC. The van der Waals surface area contributed by atoms with Crippen LogP contribution in [0.15, 0.2) is 90.2 Å². The maximum atomic E-state index is 13.7. The molecule has 0 unspecified atom stereocenters. The lowest BCUT2D eigenvalue weighted by Gasteiger charge is -2.23. The van der Waals surface area contributed by atoms with Gasteiger partial charge < -0.3 is 29.8 Å². The summed E-state index contributed by atoms with van der Waals surface area (Å²) in [4.78, 5) is 36.2. The topological polar surface area (TPSA) is 131 Å². The smallest absolute Gasteiger partial charge is 0.261 e. The Kier molecular flexibility index (Phi) is 9.30. The molecule has 1 amide bonds. The second-order valence-corrected chi connectivity index (χ2v) is 11.6. The number of amides is 1. The number of nitrogens with zero attached hydrogens (tertiary/aromatic N) is 3. The molecule has 1 saturated heterocycles. The van der Waals surface area contributed by atoms with Crippen LogP contribution in [0.5, 0.6) is 11.5 Å². The molecule has 2 aromatic carbocycles. The summed E-state index contributed by atoms with van der Waals surface area (Å²) in [5, 5.41) is 2.86. The Morgan fingerprint density at radius 1 is 0.894 bits per heavy atom. The summed E-state index contributed by atoms with van der Waals surface area (Å²) in [6.45, 7) is 4.12. The Bertz CT molecular complexity index is 1950. The average molecular weight is 632 g/mol. The molecular weight excluding hydrogens is 594 g/mol. The van der Waals surface area contributed by atoms with Crippen molar-refractivity contribution in [3.8, 4) is 45.0 Å². The highest BCUT2D eigenvalue weighted by Crippen LogP contribution is 2.34. The van der Waals surface area contributed by atoms with Crippen molar-refractivity contribution in [1.29, 1.82) is 0 Å². The first-order valence-electron chi connectivity index (χ1n) is 15.5.